The van der Waals surface area contributed by atoms with Crippen LogP contribution in [0.5, 0.6) is 0 Å². The molecule has 1 aliphatic carbocycles. The average molecular weight is 358 g/mol. The molecule has 1 atom stereocenters. The van der Waals surface area contributed by atoms with E-state index in [0.717, 1.165) is 23.3 Å². The molecule has 1 unspecified atom stereocenters. The van der Waals surface area contributed by atoms with Crippen molar-refractivity contribution in [2.24, 2.45) is 10.7 Å². The highest BCUT2D eigenvalue weighted by atomic mass is 16.5. The molecular formula is C18H26N6O2. The third-order valence-corrected chi connectivity index (χ3v) is 3.70. The van der Waals surface area contributed by atoms with Gasteiger partial charge in [0.2, 0.25) is 5.95 Å². The Morgan fingerprint density at radius 1 is 1.46 bits per heavy atom. The summed E-state index contributed by atoms with van der Waals surface area (Å²) in [5.41, 5.74) is 13.4. The number of nitrogens with zero attached hydrogens (tertiary/aromatic N) is 4. The highest BCUT2D eigenvalue weighted by Crippen LogP contribution is 2.24. The van der Waals surface area contributed by atoms with E-state index in [2.05, 4.69) is 27.7 Å². The first-order valence-corrected chi connectivity index (χ1v) is 8.21. The van der Waals surface area contributed by atoms with Crippen LogP contribution in [0.4, 0.5) is 5.95 Å². The van der Waals surface area contributed by atoms with Gasteiger partial charge in [-0.1, -0.05) is 18.2 Å². The number of amidine groups is 1. The van der Waals surface area contributed by atoms with Gasteiger partial charge in [-0.2, -0.15) is 9.67 Å². The van der Waals surface area contributed by atoms with Crippen LogP contribution in [-0.2, 0) is 15.9 Å². The van der Waals surface area contributed by atoms with Crippen LogP contribution in [0, 0.1) is 0 Å². The Hall–Kier alpha value is -2.87. The smallest absolute Gasteiger partial charge is 0.240 e. The molecule has 2 rings (SSSR count). The van der Waals surface area contributed by atoms with E-state index >= 15 is 0 Å². The van der Waals surface area contributed by atoms with E-state index in [4.69, 9.17) is 20.9 Å². The van der Waals surface area contributed by atoms with Crippen LogP contribution in [0.25, 0.3) is 5.82 Å². The SMILES string of the molecule is C=C(C)/C=C(\N=C(C)N)n1nc(N)nc1CC1=CCC(OC)C(OC)=C1. The largest absolute Gasteiger partial charge is 0.498 e. The Bertz CT molecular complexity index is 797. The van der Waals surface area contributed by atoms with Gasteiger partial charge < -0.3 is 20.9 Å². The summed E-state index contributed by atoms with van der Waals surface area (Å²) in [6, 6.07) is 0. The van der Waals surface area contributed by atoms with E-state index in [1.807, 2.05) is 13.0 Å². The molecule has 0 amide bonds. The van der Waals surface area contributed by atoms with Crippen molar-refractivity contribution < 1.29 is 9.47 Å². The van der Waals surface area contributed by atoms with Crippen molar-refractivity contribution in [3.8, 4) is 0 Å². The highest BCUT2D eigenvalue weighted by Gasteiger charge is 2.20. The second-order valence-electron chi connectivity index (χ2n) is 6.07. The number of anilines is 1. The van der Waals surface area contributed by atoms with E-state index in [1.165, 1.54) is 0 Å². The van der Waals surface area contributed by atoms with Crippen LogP contribution in [0.1, 0.15) is 26.1 Å². The van der Waals surface area contributed by atoms with Crippen LogP contribution in [0.2, 0.25) is 0 Å². The summed E-state index contributed by atoms with van der Waals surface area (Å²) in [6.45, 7) is 7.46. The summed E-state index contributed by atoms with van der Waals surface area (Å²) < 4.78 is 12.4. The first-order chi connectivity index (χ1) is 12.3. The van der Waals surface area contributed by atoms with E-state index in [-0.39, 0.29) is 12.1 Å². The fraction of sp³-hybridized carbons (Fsp3) is 0.389. The number of methoxy groups -OCH3 is 2. The van der Waals surface area contributed by atoms with Gasteiger partial charge >= 0.3 is 0 Å². The van der Waals surface area contributed by atoms with E-state index in [1.54, 1.807) is 31.9 Å². The standard InChI is InChI=1S/C18H26N6O2/c1-11(2)8-16(21-12(3)19)24-17(22-18(20)23-24)10-13-6-7-14(25-4)15(9-13)26-5/h6,8-9,14H,1,7,10H2,2-5H3,(H2,19,21)(H2,20,23)/b16-8+. The molecular weight excluding hydrogens is 332 g/mol. The molecule has 0 fully saturated rings. The molecule has 0 aromatic carbocycles. The number of allylic oxidation sites excluding steroid dienone is 4. The van der Waals surface area contributed by atoms with Gasteiger partial charge in [0.05, 0.1) is 12.9 Å². The molecule has 0 aliphatic heterocycles. The third-order valence-electron chi connectivity index (χ3n) is 3.70. The number of hydrogen-bond acceptors (Lipinski definition) is 6. The zero-order valence-corrected chi connectivity index (χ0v) is 15.7. The molecule has 4 N–H and O–H groups in total. The molecule has 26 heavy (non-hydrogen) atoms. The fourth-order valence-corrected chi connectivity index (χ4v) is 2.62. The van der Waals surface area contributed by atoms with Crippen molar-refractivity contribution in [3.63, 3.8) is 0 Å². The number of rotatable bonds is 7. The summed E-state index contributed by atoms with van der Waals surface area (Å²) >= 11 is 0. The van der Waals surface area contributed by atoms with Crippen LogP contribution in [0.15, 0.2) is 46.7 Å². The van der Waals surface area contributed by atoms with Crippen molar-refractivity contribution in [3.05, 3.63) is 47.5 Å². The minimum atomic E-state index is -0.0740. The Balaban J connectivity index is 2.38. The maximum Gasteiger partial charge on any atom is 0.240 e. The number of ether oxygens (including phenoxy) is 2. The maximum absolute atomic E-state index is 5.83. The number of nitrogens with two attached hydrogens (primary N) is 2. The summed E-state index contributed by atoms with van der Waals surface area (Å²) in [7, 11) is 3.29. The van der Waals surface area contributed by atoms with Gasteiger partial charge in [0.25, 0.3) is 0 Å². The lowest BCUT2D eigenvalue weighted by atomic mass is 10.0. The zero-order valence-electron chi connectivity index (χ0n) is 15.7. The van der Waals surface area contributed by atoms with Crippen molar-refractivity contribution in [1.82, 2.24) is 14.8 Å². The van der Waals surface area contributed by atoms with Crippen LogP contribution in [-0.4, -0.2) is 40.9 Å². The Kier molecular flexibility index (Phi) is 6.35. The van der Waals surface area contributed by atoms with Crippen molar-refractivity contribution in [2.45, 2.75) is 32.8 Å². The molecule has 0 bridgehead atoms. The van der Waals surface area contributed by atoms with Gasteiger partial charge in [0.1, 0.15) is 17.7 Å². The second-order valence-corrected chi connectivity index (χ2v) is 6.07. The van der Waals surface area contributed by atoms with E-state index in [9.17, 15) is 0 Å². The highest BCUT2D eigenvalue weighted by molar-refractivity contribution is 5.82. The van der Waals surface area contributed by atoms with Gasteiger partial charge in [-0.05, 0) is 38.0 Å². The molecule has 0 saturated heterocycles. The molecule has 1 aromatic rings. The fourth-order valence-electron chi connectivity index (χ4n) is 2.62. The average Bonchev–Trinajstić information content (AvgIpc) is 2.93. The normalized spacial score (nSPS) is 18.4. The van der Waals surface area contributed by atoms with Crippen molar-refractivity contribution >= 4 is 17.6 Å². The number of aromatic nitrogens is 3. The minimum Gasteiger partial charge on any atom is -0.498 e. The van der Waals surface area contributed by atoms with Crippen LogP contribution < -0.4 is 11.5 Å². The lowest BCUT2D eigenvalue weighted by Gasteiger charge is -2.21. The topological polar surface area (TPSA) is 114 Å². The Morgan fingerprint density at radius 2 is 2.19 bits per heavy atom. The minimum absolute atomic E-state index is 0.0740. The van der Waals surface area contributed by atoms with Gasteiger partial charge in [0.15, 0.2) is 5.82 Å². The monoisotopic (exact) mass is 358 g/mol. The predicted molar refractivity (Wildman–Crippen MR) is 103 cm³/mol. The number of nitrogen functional groups attached to an aromatic ring is 1. The molecule has 8 heteroatoms. The zero-order chi connectivity index (χ0) is 19.3. The summed E-state index contributed by atoms with van der Waals surface area (Å²) in [5, 5.41) is 4.26. The first kappa shape index (κ1) is 19.5. The second kappa shape index (κ2) is 8.48. The molecule has 0 radical (unpaired) electrons. The predicted octanol–water partition coefficient (Wildman–Crippen LogP) is 2.03. The lowest BCUT2D eigenvalue weighted by Crippen LogP contribution is -2.18. The summed E-state index contributed by atoms with van der Waals surface area (Å²) in [5.74, 6) is 2.50. The van der Waals surface area contributed by atoms with Crippen molar-refractivity contribution in [1.29, 1.82) is 0 Å². The van der Waals surface area contributed by atoms with E-state index < -0.39 is 0 Å². The Morgan fingerprint density at radius 3 is 2.77 bits per heavy atom. The van der Waals surface area contributed by atoms with Crippen molar-refractivity contribution in [2.75, 3.05) is 20.0 Å². The van der Waals surface area contributed by atoms with Gasteiger partial charge in [-0.15, -0.1) is 5.10 Å². The quantitative estimate of drug-likeness (QED) is 0.438. The number of hydrogen-bond donors (Lipinski definition) is 2. The lowest BCUT2D eigenvalue weighted by molar-refractivity contribution is 0.0789. The Labute approximate surface area is 153 Å². The molecule has 1 aliphatic rings. The molecule has 1 heterocycles. The van der Waals surface area contributed by atoms with Gasteiger partial charge in [0, 0.05) is 13.5 Å². The number of aliphatic imine (C=N–C) groups is 1. The molecule has 0 spiro atoms. The first-order valence-electron chi connectivity index (χ1n) is 8.21. The van der Waals surface area contributed by atoms with Gasteiger partial charge in [-0.3, -0.25) is 0 Å². The van der Waals surface area contributed by atoms with Crippen LogP contribution in [0.3, 0.4) is 0 Å². The third kappa shape index (κ3) is 4.82. The maximum atomic E-state index is 5.83. The van der Waals surface area contributed by atoms with E-state index in [0.29, 0.717) is 23.9 Å². The summed E-state index contributed by atoms with van der Waals surface area (Å²) in [4.78, 5) is 8.67. The summed E-state index contributed by atoms with van der Waals surface area (Å²) in [6.07, 6.45) is 6.98. The van der Waals surface area contributed by atoms with Gasteiger partial charge in [-0.25, -0.2) is 4.99 Å². The molecule has 8 nitrogen and oxygen atoms in total. The molecule has 140 valence electrons. The van der Waals surface area contributed by atoms with Crippen LogP contribution >= 0.6 is 0 Å². The molecule has 1 aromatic heterocycles. The molecule has 0 saturated carbocycles.